The first-order valence-corrected chi connectivity index (χ1v) is 20.5. The number of oxazole rings is 1. The molecule has 0 amide bonds. The van der Waals surface area contributed by atoms with E-state index in [1.807, 2.05) is 36.4 Å². The molecule has 2 heterocycles. The molecule has 284 valence electrons. The van der Waals surface area contributed by atoms with Crippen LogP contribution in [0, 0.1) is 0 Å². The zero-order valence-electron chi connectivity index (χ0n) is 33.2. The van der Waals surface area contributed by atoms with Gasteiger partial charge in [-0.3, -0.25) is 0 Å². The van der Waals surface area contributed by atoms with Crippen molar-refractivity contribution in [3.63, 3.8) is 0 Å². The van der Waals surface area contributed by atoms with Gasteiger partial charge in [-0.15, -0.1) is 0 Å². The topological polar surface area (TPSA) is 42.4 Å². The lowest BCUT2D eigenvalue weighted by atomic mass is 9.82. The second-order valence-electron chi connectivity index (χ2n) is 16.4. The van der Waals surface area contributed by atoms with Gasteiger partial charge in [0.15, 0.2) is 5.58 Å². The Balaban J connectivity index is 1.08. The molecule has 0 saturated carbocycles. The van der Waals surface area contributed by atoms with Gasteiger partial charge in [-0.05, 0) is 117 Å². The number of aromatic nitrogens is 1. The van der Waals surface area contributed by atoms with E-state index in [0.717, 1.165) is 77.6 Å². The smallest absolute Gasteiger partial charge is 0.227 e. The van der Waals surface area contributed by atoms with Gasteiger partial charge in [0.05, 0.1) is 11.1 Å². The zero-order valence-corrected chi connectivity index (χ0v) is 33.2. The summed E-state index contributed by atoms with van der Waals surface area (Å²) in [5.74, 6) is 0.617. The molecule has 0 aliphatic heterocycles. The molecule has 0 spiro atoms. The lowest BCUT2D eigenvalue weighted by molar-refractivity contribution is 0.620. The van der Waals surface area contributed by atoms with Crippen LogP contribution in [-0.2, 0) is 5.41 Å². The van der Waals surface area contributed by atoms with Crippen molar-refractivity contribution in [1.82, 2.24) is 4.98 Å². The van der Waals surface area contributed by atoms with Crippen molar-refractivity contribution >= 4 is 60.9 Å². The minimum atomic E-state index is -0.160. The highest BCUT2D eigenvalue weighted by molar-refractivity contribution is 6.22. The normalized spacial score (nSPS) is 13.0. The van der Waals surface area contributed by atoms with E-state index in [1.165, 1.54) is 33.4 Å². The average Bonchev–Trinajstić information content (AvgIpc) is 3.98. The Labute approximate surface area is 347 Å². The van der Waals surface area contributed by atoms with Gasteiger partial charge in [0.1, 0.15) is 16.7 Å². The van der Waals surface area contributed by atoms with Gasteiger partial charge < -0.3 is 13.7 Å². The molecule has 4 heteroatoms. The van der Waals surface area contributed by atoms with E-state index in [2.05, 4.69) is 176 Å². The number of rotatable bonds is 6. The van der Waals surface area contributed by atoms with Gasteiger partial charge in [-0.25, -0.2) is 4.98 Å². The lowest BCUT2D eigenvalue weighted by Crippen LogP contribution is -2.16. The van der Waals surface area contributed by atoms with Crippen LogP contribution in [0.3, 0.4) is 0 Å². The van der Waals surface area contributed by atoms with Crippen molar-refractivity contribution in [2.24, 2.45) is 0 Å². The van der Waals surface area contributed by atoms with E-state index in [0.29, 0.717) is 5.89 Å². The summed E-state index contributed by atoms with van der Waals surface area (Å²) >= 11 is 0. The fraction of sp³-hybridized carbons (Fsp3) is 0.0536. The Kier molecular flexibility index (Phi) is 7.54. The van der Waals surface area contributed by atoms with Crippen LogP contribution in [0.4, 0.5) is 17.1 Å². The molecule has 0 saturated heterocycles. The van der Waals surface area contributed by atoms with Crippen LogP contribution in [0.5, 0.6) is 0 Å². The molecule has 60 heavy (non-hydrogen) atoms. The number of hydrogen-bond donors (Lipinski definition) is 0. The third kappa shape index (κ3) is 5.34. The molecule has 1 aliphatic carbocycles. The number of furan rings is 1. The Hall–Kier alpha value is -7.69. The molecule has 1 aliphatic rings. The van der Waals surface area contributed by atoms with Crippen LogP contribution in [0.15, 0.2) is 203 Å². The second kappa shape index (κ2) is 13.2. The minimum Gasteiger partial charge on any atom is -0.455 e. The molecular weight excluding hydrogens is 733 g/mol. The van der Waals surface area contributed by atoms with E-state index in [1.54, 1.807) is 0 Å². The summed E-state index contributed by atoms with van der Waals surface area (Å²) < 4.78 is 13.2. The average molecular weight is 771 g/mol. The molecule has 0 N–H and O–H groups in total. The third-order valence-corrected chi connectivity index (χ3v) is 12.5. The van der Waals surface area contributed by atoms with E-state index >= 15 is 0 Å². The number of nitrogens with zero attached hydrogens (tertiary/aromatic N) is 2. The lowest BCUT2D eigenvalue weighted by Gasteiger charge is -2.29. The van der Waals surface area contributed by atoms with Crippen molar-refractivity contribution in [1.29, 1.82) is 0 Å². The number of benzene rings is 9. The van der Waals surface area contributed by atoms with Gasteiger partial charge in [0.2, 0.25) is 5.89 Å². The van der Waals surface area contributed by atoms with Gasteiger partial charge in [0, 0.05) is 33.1 Å². The molecule has 0 radical (unpaired) electrons. The van der Waals surface area contributed by atoms with Crippen LogP contribution >= 0.6 is 0 Å². The van der Waals surface area contributed by atoms with Crippen LogP contribution in [-0.4, -0.2) is 4.98 Å². The molecule has 4 nitrogen and oxygen atoms in total. The first-order chi connectivity index (χ1) is 29.5. The summed E-state index contributed by atoms with van der Waals surface area (Å²) in [6.07, 6.45) is 0. The molecule has 0 unspecified atom stereocenters. The number of anilines is 3. The first kappa shape index (κ1) is 34.4. The van der Waals surface area contributed by atoms with E-state index < -0.39 is 0 Å². The fourth-order valence-electron chi connectivity index (χ4n) is 9.45. The molecular formula is C56H38N2O2. The predicted octanol–water partition coefficient (Wildman–Crippen LogP) is 15.7. The van der Waals surface area contributed by atoms with Crippen LogP contribution in [0.25, 0.3) is 88.6 Å². The quantitative estimate of drug-likeness (QED) is 0.169. The largest absolute Gasteiger partial charge is 0.455 e. The zero-order chi connectivity index (χ0) is 40.0. The highest BCUT2D eigenvalue weighted by Gasteiger charge is 2.36. The number of hydrogen-bond acceptors (Lipinski definition) is 4. The molecule has 11 aromatic rings. The Morgan fingerprint density at radius 3 is 1.93 bits per heavy atom. The van der Waals surface area contributed by atoms with Crippen molar-refractivity contribution in [2.45, 2.75) is 19.3 Å². The second-order valence-corrected chi connectivity index (χ2v) is 16.4. The van der Waals surface area contributed by atoms with Crippen molar-refractivity contribution < 1.29 is 8.83 Å². The van der Waals surface area contributed by atoms with Crippen molar-refractivity contribution in [3.8, 4) is 44.8 Å². The summed E-state index contributed by atoms with van der Waals surface area (Å²) in [6, 6.07) is 69.1. The summed E-state index contributed by atoms with van der Waals surface area (Å²) in [7, 11) is 0. The SMILES string of the molecule is CC1(C)c2ccccc2-c2ccc(N(c3ccc(-c4ccccc4)cc3)c3cc4ccccc4c4oc5ccc(-c6ccc7nc(-c8ccccc8)oc7c6)cc5c34)cc21. The van der Waals surface area contributed by atoms with Gasteiger partial charge >= 0.3 is 0 Å². The summed E-state index contributed by atoms with van der Waals surface area (Å²) in [4.78, 5) is 7.22. The highest BCUT2D eigenvalue weighted by atomic mass is 16.3. The maximum atomic E-state index is 6.91. The molecule has 9 aromatic carbocycles. The van der Waals surface area contributed by atoms with E-state index in [9.17, 15) is 0 Å². The Bertz CT molecular complexity index is 3450. The maximum Gasteiger partial charge on any atom is 0.227 e. The van der Waals surface area contributed by atoms with Crippen LogP contribution in [0.2, 0.25) is 0 Å². The maximum absolute atomic E-state index is 6.91. The Morgan fingerprint density at radius 1 is 0.450 bits per heavy atom. The first-order valence-electron chi connectivity index (χ1n) is 20.5. The standard InChI is InChI=1S/C56H38N2O2/c1-56(2)47-20-12-11-19-44(47)45-28-27-42(34-48(45)56)58(41-25-21-36(22-26-41)35-13-5-3-6-14-35)50-32-40-17-9-10-18-43(40)54-53(50)46-31-38(24-30-51(46)59-54)39-23-29-49-52(33-39)60-55(57-49)37-15-7-4-8-16-37/h3-34H,1-2H3. The Morgan fingerprint density at radius 2 is 1.10 bits per heavy atom. The van der Waals surface area contributed by atoms with E-state index in [4.69, 9.17) is 13.8 Å². The molecule has 0 fully saturated rings. The van der Waals surface area contributed by atoms with Crippen molar-refractivity contribution in [2.75, 3.05) is 4.90 Å². The predicted molar refractivity (Wildman–Crippen MR) is 247 cm³/mol. The molecule has 2 aromatic heterocycles. The minimum absolute atomic E-state index is 0.160. The van der Waals surface area contributed by atoms with Crippen LogP contribution in [0.1, 0.15) is 25.0 Å². The van der Waals surface area contributed by atoms with Crippen LogP contribution < -0.4 is 4.90 Å². The summed E-state index contributed by atoms with van der Waals surface area (Å²) in [5.41, 5.74) is 17.1. The van der Waals surface area contributed by atoms with Gasteiger partial charge in [-0.1, -0.05) is 141 Å². The van der Waals surface area contributed by atoms with Gasteiger partial charge in [-0.2, -0.15) is 0 Å². The van der Waals surface area contributed by atoms with Crippen molar-refractivity contribution in [3.05, 3.63) is 205 Å². The highest BCUT2D eigenvalue weighted by Crippen LogP contribution is 2.52. The van der Waals surface area contributed by atoms with Gasteiger partial charge in [0.25, 0.3) is 0 Å². The molecule has 0 bridgehead atoms. The summed E-state index contributed by atoms with van der Waals surface area (Å²) in [5, 5.41) is 4.30. The summed E-state index contributed by atoms with van der Waals surface area (Å²) in [6.45, 7) is 4.69. The number of fused-ring (bicyclic) bond motifs is 9. The molecule has 0 atom stereocenters. The molecule has 12 rings (SSSR count). The fourth-order valence-corrected chi connectivity index (χ4v) is 9.45. The monoisotopic (exact) mass is 770 g/mol. The van der Waals surface area contributed by atoms with E-state index in [-0.39, 0.29) is 5.41 Å². The third-order valence-electron chi connectivity index (χ3n) is 12.5.